The van der Waals surface area contributed by atoms with Crippen molar-refractivity contribution in [3.63, 3.8) is 0 Å². The van der Waals surface area contributed by atoms with Gasteiger partial charge >= 0.3 is 0 Å². The molecule has 0 bridgehead atoms. The third kappa shape index (κ3) is 3.73. The quantitative estimate of drug-likeness (QED) is 0.677. The molecule has 1 aromatic heterocycles. The highest BCUT2D eigenvalue weighted by Gasteiger charge is 1.79. The van der Waals surface area contributed by atoms with Crippen LogP contribution in [0.5, 0.6) is 0 Å². The minimum Gasteiger partial charge on any atom is -0.196 e. The summed E-state index contributed by atoms with van der Waals surface area (Å²) in [4.78, 5) is 0. The summed E-state index contributed by atoms with van der Waals surface area (Å²) in [6.07, 6.45) is 1.43. The van der Waals surface area contributed by atoms with Crippen molar-refractivity contribution in [1.82, 2.24) is 15.4 Å². The van der Waals surface area contributed by atoms with Gasteiger partial charge in [0.15, 0.2) is 5.15 Å². The fourth-order valence-electron chi connectivity index (χ4n) is 0.573. The van der Waals surface area contributed by atoms with Gasteiger partial charge < -0.3 is 0 Å². The maximum absolute atomic E-state index is 5.25. The number of nitrogens with zero attached hydrogens (tertiary/aromatic N) is 2. The molecule has 0 aliphatic heterocycles. The Balaban J connectivity index is 0.000000120. The van der Waals surface area contributed by atoms with Gasteiger partial charge in [0.1, 0.15) is 0 Å². The molecule has 0 saturated carbocycles. The van der Waals surface area contributed by atoms with Crippen LogP contribution >= 0.6 is 11.6 Å². The molecule has 1 aromatic carbocycles. The molecule has 0 amide bonds. The van der Waals surface area contributed by atoms with Crippen molar-refractivity contribution < 1.29 is 0 Å². The van der Waals surface area contributed by atoms with Crippen LogP contribution in [0.4, 0.5) is 0 Å². The number of H-pyrrole nitrogens is 1. The number of aromatic amines is 1. The van der Waals surface area contributed by atoms with Crippen LogP contribution in [0.1, 0.15) is 0 Å². The molecule has 3 nitrogen and oxygen atoms in total. The summed E-state index contributed by atoms with van der Waals surface area (Å²) in [5, 5.41) is 9.60. The van der Waals surface area contributed by atoms with Gasteiger partial charge in [-0.2, -0.15) is 10.3 Å². The van der Waals surface area contributed by atoms with Gasteiger partial charge in [-0.25, -0.2) is 0 Å². The molecule has 0 saturated heterocycles. The van der Waals surface area contributed by atoms with Crippen molar-refractivity contribution in [3.8, 4) is 0 Å². The zero-order valence-electron chi connectivity index (χ0n) is 6.31. The second-order valence-corrected chi connectivity index (χ2v) is 2.33. The Labute approximate surface area is 75.4 Å². The molecule has 2 rings (SSSR count). The fourth-order valence-corrected chi connectivity index (χ4v) is 0.659. The highest BCUT2D eigenvalue weighted by atomic mass is 35.5. The standard InChI is InChI=1S/C6H6.C2H2ClN3/c1-2-4-6-5-3-1;3-2-1-4-6-5-2/h1-6H;1H,(H,4,5,6). The Hall–Kier alpha value is -1.35. The first-order valence-electron chi connectivity index (χ1n) is 3.41. The van der Waals surface area contributed by atoms with Gasteiger partial charge in [-0.1, -0.05) is 48.0 Å². The van der Waals surface area contributed by atoms with Gasteiger partial charge in [0.25, 0.3) is 0 Å². The molecule has 1 heterocycles. The summed E-state index contributed by atoms with van der Waals surface area (Å²) >= 11 is 5.25. The summed E-state index contributed by atoms with van der Waals surface area (Å²) in [7, 11) is 0. The number of benzene rings is 1. The lowest BCUT2D eigenvalue weighted by Gasteiger charge is -1.69. The van der Waals surface area contributed by atoms with Crippen molar-refractivity contribution in [3.05, 3.63) is 47.7 Å². The lowest BCUT2D eigenvalue weighted by molar-refractivity contribution is 0.940. The van der Waals surface area contributed by atoms with Crippen molar-refractivity contribution in [2.24, 2.45) is 0 Å². The molecule has 0 radical (unpaired) electrons. The first-order valence-corrected chi connectivity index (χ1v) is 3.78. The first kappa shape index (κ1) is 8.74. The normalized spacial score (nSPS) is 8.42. The minimum absolute atomic E-state index is 0.398. The molecule has 62 valence electrons. The number of aromatic nitrogens is 3. The molecule has 12 heavy (non-hydrogen) atoms. The average molecular weight is 182 g/mol. The van der Waals surface area contributed by atoms with Crippen LogP contribution in [0.2, 0.25) is 5.15 Å². The summed E-state index contributed by atoms with van der Waals surface area (Å²) in [5.74, 6) is 0. The van der Waals surface area contributed by atoms with E-state index in [1.807, 2.05) is 36.4 Å². The molecule has 0 aliphatic rings. The molecule has 2 aromatic rings. The van der Waals surface area contributed by atoms with E-state index in [2.05, 4.69) is 15.4 Å². The maximum atomic E-state index is 5.25. The third-order valence-corrected chi connectivity index (χ3v) is 1.23. The Morgan fingerprint density at radius 2 is 1.50 bits per heavy atom. The maximum Gasteiger partial charge on any atom is 0.171 e. The van der Waals surface area contributed by atoms with Crippen LogP contribution in [0.15, 0.2) is 42.6 Å². The molecular weight excluding hydrogens is 174 g/mol. The molecular formula is C8H8ClN3. The van der Waals surface area contributed by atoms with Gasteiger partial charge in [0.2, 0.25) is 0 Å². The van der Waals surface area contributed by atoms with Crippen molar-refractivity contribution >= 4 is 11.6 Å². The average Bonchev–Trinajstić information content (AvgIpc) is 2.60. The van der Waals surface area contributed by atoms with E-state index in [4.69, 9.17) is 11.6 Å². The van der Waals surface area contributed by atoms with Gasteiger partial charge in [-0.05, 0) is 0 Å². The first-order chi connectivity index (χ1) is 5.89. The number of halogens is 1. The van der Waals surface area contributed by atoms with Crippen molar-refractivity contribution in [1.29, 1.82) is 0 Å². The fraction of sp³-hybridized carbons (Fsp3) is 0. The van der Waals surface area contributed by atoms with Crippen LogP contribution in [-0.2, 0) is 0 Å². The van der Waals surface area contributed by atoms with Crippen LogP contribution in [0, 0.1) is 0 Å². The SMILES string of the molecule is Clc1cn[nH]n1.c1ccccc1. The largest absolute Gasteiger partial charge is 0.196 e. The molecule has 4 heteroatoms. The predicted molar refractivity (Wildman–Crippen MR) is 47.8 cm³/mol. The molecule has 1 N–H and O–H groups in total. The highest BCUT2D eigenvalue weighted by molar-refractivity contribution is 6.29. The van der Waals surface area contributed by atoms with Gasteiger partial charge in [0.05, 0.1) is 6.20 Å². The van der Waals surface area contributed by atoms with Crippen LogP contribution in [0.25, 0.3) is 0 Å². The summed E-state index contributed by atoms with van der Waals surface area (Å²) in [5.41, 5.74) is 0. The number of hydrogen-bond donors (Lipinski definition) is 1. The third-order valence-electron chi connectivity index (χ3n) is 1.05. The van der Waals surface area contributed by atoms with Gasteiger partial charge in [-0.3, -0.25) is 0 Å². The van der Waals surface area contributed by atoms with E-state index in [-0.39, 0.29) is 0 Å². The molecule has 0 unspecified atom stereocenters. The number of nitrogens with one attached hydrogen (secondary N) is 1. The van der Waals surface area contributed by atoms with E-state index in [9.17, 15) is 0 Å². The van der Waals surface area contributed by atoms with E-state index >= 15 is 0 Å². The zero-order valence-corrected chi connectivity index (χ0v) is 7.07. The monoisotopic (exact) mass is 181 g/mol. The lowest BCUT2D eigenvalue weighted by Crippen LogP contribution is -1.63. The highest BCUT2D eigenvalue weighted by Crippen LogP contribution is 1.93. The number of rotatable bonds is 0. The van der Waals surface area contributed by atoms with Gasteiger partial charge in [-0.15, -0.1) is 5.10 Å². The topological polar surface area (TPSA) is 41.6 Å². The number of hydrogen-bond acceptors (Lipinski definition) is 2. The molecule has 0 aliphatic carbocycles. The Morgan fingerprint density at radius 1 is 1.00 bits per heavy atom. The lowest BCUT2D eigenvalue weighted by atomic mass is 10.4. The Kier molecular flexibility index (Phi) is 3.88. The zero-order chi connectivity index (χ0) is 8.65. The Bertz CT molecular complexity index is 254. The van der Waals surface area contributed by atoms with E-state index in [1.165, 1.54) is 6.20 Å². The Morgan fingerprint density at radius 3 is 1.67 bits per heavy atom. The van der Waals surface area contributed by atoms with E-state index in [0.717, 1.165) is 0 Å². The molecule has 0 spiro atoms. The van der Waals surface area contributed by atoms with E-state index in [0.29, 0.717) is 5.15 Å². The second-order valence-electron chi connectivity index (χ2n) is 1.95. The molecule has 0 atom stereocenters. The van der Waals surface area contributed by atoms with Crippen LogP contribution in [-0.4, -0.2) is 15.4 Å². The van der Waals surface area contributed by atoms with Crippen LogP contribution < -0.4 is 0 Å². The molecule has 0 fully saturated rings. The second kappa shape index (κ2) is 5.32. The van der Waals surface area contributed by atoms with Crippen molar-refractivity contribution in [2.45, 2.75) is 0 Å². The summed E-state index contributed by atoms with van der Waals surface area (Å²) < 4.78 is 0. The predicted octanol–water partition coefficient (Wildman–Crippen LogP) is 2.14. The smallest absolute Gasteiger partial charge is 0.171 e. The minimum atomic E-state index is 0.398. The summed E-state index contributed by atoms with van der Waals surface area (Å²) in [6, 6.07) is 12.0. The van der Waals surface area contributed by atoms with E-state index in [1.54, 1.807) is 0 Å². The summed E-state index contributed by atoms with van der Waals surface area (Å²) in [6.45, 7) is 0. The van der Waals surface area contributed by atoms with Crippen LogP contribution in [0.3, 0.4) is 0 Å². The van der Waals surface area contributed by atoms with Crippen molar-refractivity contribution in [2.75, 3.05) is 0 Å². The van der Waals surface area contributed by atoms with E-state index < -0.39 is 0 Å². The van der Waals surface area contributed by atoms with Gasteiger partial charge in [0, 0.05) is 0 Å².